The van der Waals surface area contributed by atoms with Gasteiger partial charge in [0.05, 0.1) is 11.7 Å². The van der Waals surface area contributed by atoms with Gasteiger partial charge in [-0.15, -0.1) is 0 Å². The van der Waals surface area contributed by atoms with E-state index in [-0.39, 0.29) is 17.8 Å². The van der Waals surface area contributed by atoms with E-state index in [1.165, 1.54) is 0 Å². The number of carbonyl (C=O) groups is 1. The molecule has 1 aromatic carbocycles. The zero-order valence-corrected chi connectivity index (χ0v) is 14.4. The number of rotatable bonds is 1. The summed E-state index contributed by atoms with van der Waals surface area (Å²) in [5.41, 5.74) is 1.16. The standard InChI is InChI=1S/C20H21N3O2/c1-20(2)12-17(24)10-11-23(20)19(25)18-21-13-16(14-22-18)9-8-15-6-4-3-5-7-15/h3-7,13-14,17,24H,10-12H2,1-2H3/t17-/m0/s1. The van der Waals surface area contributed by atoms with Crippen molar-refractivity contribution in [2.45, 2.75) is 38.3 Å². The van der Waals surface area contributed by atoms with Crippen molar-refractivity contribution < 1.29 is 9.90 Å². The van der Waals surface area contributed by atoms with Crippen LogP contribution >= 0.6 is 0 Å². The number of piperidine rings is 1. The summed E-state index contributed by atoms with van der Waals surface area (Å²) < 4.78 is 0. The maximum absolute atomic E-state index is 12.7. The molecule has 0 spiro atoms. The highest BCUT2D eigenvalue weighted by Gasteiger charge is 2.38. The van der Waals surface area contributed by atoms with Crippen molar-refractivity contribution in [2.75, 3.05) is 6.54 Å². The molecule has 25 heavy (non-hydrogen) atoms. The number of hydrogen-bond acceptors (Lipinski definition) is 4. The van der Waals surface area contributed by atoms with Gasteiger partial charge in [-0.1, -0.05) is 30.0 Å². The van der Waals surface area contributed by atoms with Gasteiger partial charge in [-0.05, 0) is 38.8 Å². The second-order valence-electron chi connectivity index (χ2n) is 6.83. The van der Waals surface area contributed by atoms with Crippen molar-refractivity contribution in [3.63, 3.8) is 0 Å². The highest BCUT2D eigenvalue weighted by atomic mass is 16.3. The lowest BCUT2D eigenvalue weighted by atomic mass is 9.88. The highest BCUT2D eigenvalue weighted by Crippen LogP contribution is 2.28. The summed E-state index contributed by atoms with van der Waals surface area (Å²) in [7, 11) is 0. The normalized spacial score (nSPS) is 19.0. The first-order valence-corrected chi connectivity index (χ1v) is 8.35. The van der Waals surface area contributed by atoms with E-state index in [0.717, 1.165) is 5.56 Å². The van der Waals surface area contributed by atoms with Crippen molar-refractivity contribution in [3.05, 3.63) is 59.7 Å². The molecule has 1 N–H and O–H groups in total. The fourth-order valence-electron chi connectivity index (χ4n) is 3.04. The van der Waals surface area contributed by atoms with Crippen LogP contribution in [-0.4, -0.2) is 44.1 Å². The molecule has 0 unspecified atom stereocenters. The number of hydrogen-bond donors (Lipinski definition) is 1. The lowest BCUT2D eigenvalue weighted by molar-refractivity contribution is 0.00252. The van der Waals surface area contributed by atoms with Gasteiger partial charge in [0.25, 0.3) is 5.91 Å². The molecule has 0 radical (unpaired) electrons. The van der Waals surface area contributed by atoms with Crippen molar-refractivity contribution in [2.24, 2.45) is 0 Å². The Kier molecular flexibility index (Phi) is 4.82. The molecule has 1 amide bonds. The molecular formula is C20H21N3O2. The number of carbonyl (C=O) groups excluding carboxylic acids is 1. The number of aromatic nitrogens is 2. The summed E-state index contributed by atoms with van der Waals surface area (Å²) in [5, 5.41) is 9.82. The van der Waals surface area contributed by atoms with Gasteiger partial charge in [-0.2, -0.15) is 0 Å². The molecule has 5 nitrogen and oxygen atoms in total. The van der Waals surface area contributed by atoms with Crippen LogP contribution in [0, 0.1) is 11.8 Å². The molecule has 1 aromatic heterocycles. The van der Waals surface area contributed by atoms with Crippen LogP contribution in [0.3, 0.4) is 0 Å². The largest absolute Gasteiger partial charge is 0.393 e. The fourth-order valence-corrected chi connectivity index (χ4v) is 3.04. The van der Waals surface area contributed by atoms with E-state index in [1.807, 2.05) is 44.2 Å². The van der Waals surface area contributed by atoms with Crippen LogP contribution in [-0.2, 0) is 0 Å². The summed E-state index contributed by atoms with van der Waals surface area (Å²) in [6.45, 7) is 4.41. The summed E-state index contributed by atoms with van der Waals surface area (Å²) in [5.74, 6) is 5.99. The van der Waals surface area contributed by atoms with E-state index in [4.69, 9.17) is 0 Å². The Morgan fingerprint density at radius 3 is 2.44 bits per heavy atom. The molecule has 1 atom stereocenters. The van der Waals surface area contributed by atoms with Gasteiger partial charge in [-0.3, -0.25) is 4.79 Å². The van der Waals surface area contributed by atoms with Crippen molar-refractivity contribution in [3.8, 4) is 11.8 Å². The van der Waals surface area contributed by atoms with Crippen LogP contribution in [0.4, 0.5) is 0 Å². The van der Waals surface area contributed by atoms with Gasteiger partial charge in [0.1, 0.15) is 0 Å². The molecule has 5 heteroatoms. The zero-order chi connectivity index (χ0) is 17.9. The summed E-state index contributed by atoms with van der Waals surface area (Å²) >= 11 is 0. The summed E-state index contributed by atoms with van der Waals surface area (Å²) in [6, 6.07) is 9.66. The average molecular weight is 335 g/mol. The van der Waals surface area contributed by atoms with Crippen LogP contribution in [0.1, 0.15) is 48.4 Å². The molecule has 1 aliphatic heterocycles. The van der Waals surface area contributed by atoms with Crippen LogP contribution in [0.5, 0.6) is 0 Å². The molecule has 2 aromatic rings. The molecule has 1 aliphatic rings. The highest BCUT2D eigenvalue weighted by molar-refractivity contribution is 5.91. The van der Waals surface area contributed by atoms with E-state index >= 15 is 0 Å². The average Bonchev–Trinajstić information content (AvgIpc) is 2.60. The topological polar surface area (TPSA) is 66.3 Å². The number of benzene rings is 1. The predicted molar refractivity (Wildman–Crippen MR) is 94.8 cm³/mol. The smallest absolute Gasteiger partial charge is 0.292 e. The fraction of sp³-hybridized carbons (Fsp3) is 0.350. The molecule has 0 bridgehead atoms. The van der Waals surface area contributed by atoms with E-state index in [1.54, 1.807) is 17.3 Å². The van der Waals surface area contributed by atoms with Crippen LogP contribution in [0.25, 0.3) is 0 Å². The SMILES string of the molecule is CC1(C)C[C@@H](O)CCN1C(=O)c1ncc(C#Cc2ccccc2)cn1. The lowest BCUT2D eigenvalue weighted by Crippen LogP contribution is -2.54. The Balaban J connectivity index is 1.74. The quantitative estimate of drug-likeness (QED) is 0.812. The van der Waals surface area contributed by atoms with Crippen LogP contribution in [0.15, 0.2) is 42.7 Å². The Morgan fingerprint density at radius 1 is 1.16 bits per heavy atom. The van der Waals surface area contributed by atoms with Crippen LogP contribution < -0.4 is 0 Å². The third-order valence-electron chi connectivity index (χ3n) is 4.37. The maximum Gasteiger partial charge on any atom is 0.292 e. The van der Waals surface area contributed by atoms with Crippen molar-refractivity contribution >= 4 is 5.91 Å². The van der Waals surface area contributed by atoms with Crippen molar-refractivity contribution in [1.82, 2.24) is 14.9 Å². The first-order valence-electron chi connectivity index (χ1n) is 8.35. The molecular weight excluding hydrogens is 314 g/mol. The number of aliphatic hydroxyl groups is 1. The van der Waals surface area contributed by atoms with Gasteiger partial charge in [0, 0.05) is 30.0 Å². The molecule has 1 saturated heterocycles. The van der Waals surface area contributed by atoms with Crippen LogP contribution in [0.2, 0.25) is 0 Å². The summed E-state index contributed by atoms with van der Waals surface area (Å²) in [6.07, 6.45) is 3.91. The van der Waals surface area contributed by atoms with E-state index in [0.29, 0.717) is 24.9 Å². The first-order chi connectivity index (χ1) is 12.0. The molecule has 128 valence electrons. The molecule has 2 heterocycles. The van der Waals surface area contributed by atoms with E-state index in [2.05, 4.69) is 21.8 Å². The number of likely N-dealkylation sites (tertiary alicyclic amines) is 1. The Hall–Kier alpha value is -2.71. The van der Waals surface area contributed by atoms with E-state index < -0.39 is 5.54 Å². The molecule has 0 aliphatic carbocycles. The van der Waals surface area contributed by atoms with Gasteiger partial charge in [-0.25, -0.2) is 9.97 Å². The Morgan fingerprint density at radius 2 is 1.80 bits per heavy atom. The molecule has 0 saturated carbocycles. The van der Waals surface area contributed by atoms with Gasteiger partial charge in [0.15, 0.2) is 0 Å². The predicted octanol–water partition coefficient (Wildman–Crippen LogP) is 2.25. The third-order valence-corrected chi connectivity index (χ3v) is 4.37. The zero-order valence-electron chi connectivity index (χ0n) is 14.4. The first kappa shape index (κ1) is 17.1. The lowest BCUT2D eigenvalue weighted by Gasteiger charge is -2.43. The van der Waals surface area contributed by atoms with Gasteiger partial charge in [0.2, 0.25) is 5.82 Å². The minimum absolute atomic E-state index is 0.162. The third kappa shape index (κ3) is 4.04. The van der Waals surface area contributed by atoms with E-state index in [9.17, 15) is 9.90 Å². The second-order valence-corrected chi connectivity index (χ2v) is 6.83. The number of aliphatic hydroxyl groups excluding tert-OH is 1. The molecule has 1 fully saturated rings. The van der Waals surface area contributed by atoms with Gasteiger partial charge >= 0.3 is 0 Å². The Bertz CT molecular complexity index is 804. The number of nitrogens with zero attached hydrogens (tertiary/aromatic N) is 3. The van der Waals surface area contributed by atoms with Crippen molar-refractivity contribution in [1.29, 1.82) is 0 Å². The minimum Gasteiger partial charge on any atom is -0.393 e. The minimum atomic E-state index is -0.413. The monoisotopic (exact) mass is 335 g/mol. The Labute approximate surface area is 147 Å². The second kappa shape index (κ2) is 7.04. The summed E-state index contributed by atoms with van der Waals surface area (Å²) in [4.78, 5) is 22.8. The number of amides is 1. The maximum atomic E-state index is 12.7. The van der Waals surface area contributed by atoms with Gasteiger partial charge < -0.3 is 10.0 Å². The molecule has 3 rings (SSSR count).